The van der Waals surface area contributed by atoms with Crippen LogP contribution < -0.4 is 0 Å². The largest absolute Gasteiger partial charge is 0.289 e. The Morgan fingerprint density at radius 3 is 2.16 bits per heavy atom. The topological polar surface area (TPSA) is 17.1 Å². The highest BCUT2D eigenvalue weighted by Crippen LogP contribution is 2.19. The lowest BCUT2D eigenvalue weighted by Crippen LogP contribution is -1.94. The molecule has 0 amide bonds. The van der Waals surface area contributed by atoms with Crippen LogP contribution in [0.1, 0.15) is 21.5 Å². The molecule has 0 saturated carbocycles. The van der Waals surface area contributed by atoms with Crippen molar-refractivity contribution in [2.24, 2.45) is 0 Å². The van der Waals surface area contributed by atoms with Crippen molar-refractivity contribution >= 4 is 35.1 Å². The van der Waals surface area contributed by atoms with Gasteiger partial charge in [-0.3, -0.25) is 4.79 Å². The number of benzene rings is 2. The minimum atomic E-state index is -0.120. The molecule has 0 aliphatic heterocycles. The van der Waals surface area contributed by atoms with Gasteiger partial charge in [0.15, 0.2) is 5.78 Å². The minimum absolute atomic E-state index is 0.120. The number of rotatable bonds is 3. The molecule has 3 heteroatoms. The van der Waals surface area contributed by atoms with E-state index in [1.165, 1.54) is 11.6 Å². The van der Waals surface area contributed by atoms with Crippen LogP contribution in [0.4, 0.5) is 0 Å². The van der Waals surface area contributed by atoms with Gasteiger partial charge >= 0.3 is 0 Å². The molecule has 0 saturated heterocycles. The summed E-state index contributed by atoms with van der Waals surface area (Å²) >= 11 is 11.7. The summed E-state index contributed by atoms with van der Waals surface area (Å²) in [6.45, 7) is 2.02. The van der Waals surface area contributed by atoms with Gasteiger partial charge in [-0.25, -0.2) is 0 Å². The van der Waals surface area contributed by atoms with Gasteiger partial charge in [0.25, 0.3) is 0 Å². The Labute approximate surface area is 122 Å². The van der Waals surface area contributed by atoms with E-state index in [-0.39, 0.29) is 5.78 Å². The SMILES string of the molecule is Cc1ccc(/C=C/C(=O)c2cc(Cl)cc(Cl)c2)cc1. The smallest absolute Gasteiger partial charge is 0.185 e. The van der Waals surface area contributed by atoms with Crippen molar-refractivity contribution in [1.29, 1.82) is 0 Å². The standard InChI is InChI=1S/C16H12Cl2O/c1-11-2-4-12(5-3-11)6-7-16(19)13-8-14(17)10-15(18)9-13/h2-10H,1H3/b7-6+. The first-order chi connectivity index (χ1) is 9.04. The minimum Gasteiger partial charge on any atom is -0.289 e. The molecule has 0 spiro atoms. The van der Waals surface area contributed by atoms with Gasteiger partial charge in [0.1, 0.15) is 0 Å². The number of hydrogen-bond acceptors (Lipinski definition) is 1. The summed E-state index contributed by atoms with van der Waals surface area (Å²) < 4.78 is 0. The van der Waals surface area contributed by atoms with Gasteiger partial charge in [0.2, 0.25) is 0 Å². The summed E-state index contributed by atoms with van der Waals surface area (Å²) in [5.74, 6) is -0.120. The summed E-state index contributed by atoms with van der Waals surface area (Å²) in [4.78, 5) is 12.0. The maximum atomic E-state index is 12.0. The van der Waals surface area contributed by atoms with Gasteiger partial charge in [-0.1, -0.05) is 59.1 Å². The molecule has 96 valence electrons. The van der Waals surface area contributed by atoms with Crippen LogP contribution in [0.2, 0.25) is 10.0 Å². The van der Waals surface area contributed by atoms with E-state index in [1.54, 1.807) is 24.3 Å². The van der Waals surface area contributed by atoms with Crippen molar-refractivity contribution in [1.82, 2.24) is 0 Å². The fourth-order valence-electron chi connectivity index (χ4n) is 1.64. The normalized spacial score (nSPS) is 10.9. The van der Waals surface area contributed by atoms with Crippen LogP contribution in [0.5, 0.6) is 0 Å². The summed E-state index contributed by atoms with van der Waals surface area (Å²) in [7, 11) is 0. The van der Waals surface area contributed by atoms with Crippen LogP contribution in [0.15, 0.2) is 48.5 Å². The van der Waals surface area contributed by atoms with Crippen molar-refractivity contribution < 1.29 is 4.79 Å². The molecular formula is C16H12Cl2O. The van der Waals surface area contributed by atoms with E-state index < -0.39 is 0 Å². The second kappa shape index (κ2) is 6.05. The quantitative estimate of drug-likeness (QED) is 0.561. The van der Waals surface area contributed by atoms with Crippen LogP contribution >= 0.6 is 23.2 Å². The first-order valence-electron chi connectivity index (χ1n) is 5.80. The number of hydrogen-bond donors (Lipinski definition) is 0. The van der Waals surface area contributed by atoms with Crippen LogP contribution in [0.3, 0.4) is 0 Å². The monoisotopic (exact) mass is 290 g/mol. The summed E-state index contributed by atoms with van der Waals surface area (Å²) in [5, 5.41) is 0.916. The maximum absolute atomic E-state index is 12.0. The van der Waals surface area contributed by atoms with E-state index in [9.17, 15) is 4.79 Å². The fourth-order valence-corrected chi connectivity index (χ4v) is 2.17. The number of allylic oxidation sites excluding steroid dienone is 1. The molecule has 0 aromatic heterocycles. The molecule has 0 fully saturated rings. The van der Waals surface area contributed by atoms with Crippen LogP contribution in [0.25, 0.3) is 6.08 Å². The maximum Gasteiger partial charge on any atom is 0.185 e. The lowest BCUT2D eigenvalue weighted by Gasteiger charge is -1.99. The van der Waals surface area contributed by atoms with E-state index in [0.29, 0.717) is 15.6 Å². The van der Waals surface area contributed by atoms with Gasteiger partial charge in [0, 0.05) is 15.6 Å². The van der Waals surface area contributed by atoms with Crippen molar-refractivity contribution in [2.75, 3.05) is 0 Å². The third kappa shape index (κ3) is 3.95. The van der Waals surface area contributed by atoms with Crippen molar-refractivity contribution in [2.45, 2.75) is 6.92 Å². The van der Waals surface area contributed by atoms with E-state index in [0.717, 1.165) is 5.56 Å². The van der Waals surface area contributed by atoms with E-state index in [1.807, 2.05) is 31.2 Å². The molecule has 0 heterocycles. The van der Waals surface area contributed by atoms with Gasteiger partial charge in [-0.05, 0) is 36.8 Å². The molecule has 0 radical (unpaired) electrons. The zero-order valence-electron chi connectivity index (χ0n) is 10.4. The Hall–Kier alpha value is -1.57. The van der Waals surface area contributed by atoms with Gasteiger partial charge < -0.3 is 0 Å². The third-order valence-electron chi connectivity index (χ3n) is 2.65. The molecular weight excluding hydrogens is 279 g/mol. The van der Waals surface area contributed by atoms with Crippen LogP contribution in [-0.4, -0.2) is 5.78 Å². The van der Waals surface area contributed by atoms with E-state index >= 15 is 0 Å². The molecule has 2 aromatic carbocycles. The molecule has 0 aliphatic rings. The highest BCUT2D eigenvalue weighted by molar-refractivity contribution is 6.35. The molecule has 0 atom stereocenters. The average molecular weight is 291 g/mol. The second-order valence-corrected chi connectivity index (χ2v) is 5.14. The zero-order chi connectivity index (χ0) is 13.8. The Morgan fingerprint density at radius 1 is 1.00 bits per heavy atom. The van der Waals surface area contributed by atoms with Crippen LogP contribution in [-0.2, 0) is 0 Å². The Morgan fingerprint density at radius 2 is 1.58 bits per heavy atom. The van der Waals surface area contributed by atoms with Crippen LogP contribution in [0, 0.1) is 6.92 Å². The molecule has 0 aliphatic carbocycles. The van der Waals surface area contributed by atoms with Gasteiger partial charge in [-0.2, -0.15) is 0 Å². The zero-order valence-corrected chi connectivity index (χ0v) is 11.9. The van der Waals surface area contributed by atoms with Gasteiger partial charge in [0.05, 0.1) is 0 Å². The fraction of sp³-hybridized carbons (Fsp3) is 0.0625. The first kappa shape index (κ1) is 13.9. The molecule has 1 nitrogen and oxygen atoms in total. The molecule has 2 aromatic rings. The Bertz CT molecular complexity index is 607. The summed E-state index contributed by atoms with van der Waals surface area (Å²) in [6, 6.07) is 12.7. The van der Waals surface area contributed by atoms with Gasteiger partial charge in [-0.15, -0.1) is 0 Å². The third-order valence-corrected chi connectivity index (χ3v) is 3.09. The Balaban J connectivity index is 2.18. The number of aryl methyl sites for hydroxylation is 1. The first-order valence-corrected chi connectivity index (χ1v) is 6.55. The lowest BCUT2D eigenvalue weighted by molar-refractivity contribution is 0.104. The summed E-state index contributed by atoms with van der Waals surface area (Å²) in [6.07, 6.45) is 3.29. The molecule has 0 unspecified atom stereocenters. The molecule has 2 rings (SSSR count). The second-order valence-electron chi connectivity index (χ2n) is 4.27. The van der Waals surface area contributed by atoms with Crippen molar-refractivity contribution in [3.63, 3.8) is 0 Å². The predicted octanol–water partition coefficient (Wildman–Crippen LogP) is 5.20. The number of carbonyl (C=O) groups excluding carboxylic acids is 1. The van der Waals surface area contributed by atoms with E-state index in [4.69, 9.17) is 23.2 Å². The lowest BCUT2D eigenvalue weighted by atomic mass is 10.1. The van der Waals surface area contributed by atoms with Crippen molar-refractivity contribution in [3.8, 4) is 0 Å². The average Bonchev–Trinajstić information content (AvgIpc) is 2.36. The molecule has 0 N–H and O–H groups in total. The van der Waals surface area contributed by atoms with E-state index in [2.05, 4.69) is 0 Å². The summed E-state index contributed by atoms with van der Waals surface area (Å²) in [5.41, 5.74) is 2.65. The number of carbonyl (C=O) groups is 1. The number of halogens is 2. The molecule has 0 bridgehead atoms. The highest BCUT2D eigenvalue weighted by atomic mass is 35.5. The predicted molar refractivity (Wildman–Crippen MR) is 81.0 cm³/mol. The number of ketones is 1. The molecule has 19 heavy (non-hydrogen) atoms. The van der Waals surface area contributed by atoms with Crippen molar-refractivity contribution in [3.05, 3.63) is 75.3 Å². The Kier molecular flexibility index (Phi) is 4.41. The highest BCUT2D eigenvalue weighted by Gasteiger charge is 2.04.